The van der Waals surface area contributed by atoms with Gasteiger partial charge in [0, 0.05) is 19.1 Å². The van der Waals surface area contributed by atoms with Gasteiger partial charge in [0.25, 0.3) is 0 Å². The normalized spacial score (nSPS) is 24.8. The maximum absolute atomic E-state index is 12.5. The molecule has 1 aromatic carbocycles. The first kappa shape index (κ1) is 18.0. The van der Waals surface area contributed by atoms with Gasteiger partial charge in [0.2, 0.25) is 0 Å². The highest BCUT2D eigenvalue weighted by molar-refractivity contribution is 6.35. The van der Waals surface area contributed by atoms with E-state index in [4.69, 9.17) is 0 Å². The van der Waals surface area contributed by atoms with E-state index in [9.17, 15) is 9.59 Å². The summed E-state index contributed by atoms with van der Waals surface area (Å²) in [4.78, 5) is 26.5. The second-order valence-electron chi connectivity index (χ2n) is 7.77. The van der Waals surface area contributed by atoms with Crippen LogP contribution in [-0.4, -0.2) is 35.8 Å². The number of benzene rings is 1. The molecule has 2 fully saturated rings. The molecule has 0 bridgehead atoms. The summed E-state index contributed by atoms with van der Waals surface area (Å²) in [6.07, 6.45) is 7.55. The number of amides is 2. The topological polar surface area (TPSA) is 49.4 Å². The summed E-state index contributed by atoms with van der Waals surface area (Å²) >= 11 is 0. The SMILES string of the molecule is CC1CCCCC1NC(=O)C(=O)N1CCC(Cc2ccccc2)CC1. The van der Waals surface area contributed by atoms with Gasteiger partial charge < -0.3 is 10.2 Å². The number of nitrogens with one attached hydrogen (secondary N) is 1. The zero-order chi connectivity index (χ0) is 17.6. The standard InChI is InChI=1S/C21H30N2O2/c1-16-7-5-6-10-19(16)22-20(24)21(25)23-13-11-18(12-14-23)15-17-8-3-2-4-9-17/h2-4,8-9,16,18-19H,5-7,10-15H2,1H3,(H,22,24). The van der Waals surface area contributed by atoms with Crippen molar-refractivity contribution in [1.29, 1.82) is 0 Å². The minimum Gasteiger partial charge on any atom is -0.345 e. The molecular weight excluding hydrogens is 312 g/mol. The molecule has 2 atom stereocenters. The van der Waals surface area contributed by atoms with Crippen molar-refractivity contribution in [3.8, 4) is 0 Å². The molecule has 1 aromatic rings. The number of hydrogen-bond donors (Lipinski definition) is 1. The van der Waals surface area contributed by atoms with Crippen LogP contribution in [0.3, 0.4) is 0 Å². The molecule has 2 unspecified atom stereocenters. The number of piperidine rings is 1. The van der Waals surface area contributed by atoms with Crippen molar-refractivity contribution >= 4 is 11.8 Å². The Morgan fingerprint density at radius 2 is 1.72 bits per heavy atom. The monoisotopic (exact) mass is 342 g/mol. The molecular formula is C21H30N2O2. The van der Waals surface area contributed by atoms with Gasteiger partial charge in [-0.1, -0.05) is 50.1 Å². The summed E-state index contributed by atoms with van der Waals surface area (Å²) in [5.41, 5.74) is 1.36. The van der Waals surface area contributed by atoms with Gasteiger partial charge in [-0.25, -0.2) is 0 Å². The Kier molecular flexibility index (Phi) is 6.11. The minimum absolute atomic E-state index is 0.167. The predicted octanol–water partition coefficient (Wildman–Crippen LogP) is 3.16. The average Bonchev–Trinajstić information content (AvgIpc) is 2.64. The maximum atomic E-state index is 12.5. The van der Waals surface area contributed by atoms with E-state index >= 15 is 0 Å². The molecule has 1 N–H and O–H groups in total. The van der Waals surface area contributed by atoms with Crippen LogP contribution in [0, 0.1) is 11.8 Å². The van der Waals surface area contributed by atoms with Gasteiger partial charge >= 0.3 is 11.8 Å². The zero-order valence-corrected chi connectivity index (χ0v) is 15.2. The molecule has 1 saturated carbocycles. The Morgan fingerprint density at radius 3 is 2.40 bits per heavy atom. The Hall–Kier alpha value is -1.84. The molecule has 25 heavy (non-hydrogen) atoms. The molecule has 0 spiro atoms. The van der Waals surface area contributed by atoms with Crippen molar-refractivity contribution in [2.24, 2.45) is 11.8 Å². The lowest BCUT2D eigenvalue weighted by Crippen LogP contribution is -2.50. The van der Waals surface area contributed by atoms with Crippen molar-refractivity contribution in [1.82, 2.24) is 10.2 Å². The van der Waals surface area contributed by atoms with Crippen molar-refractivity contribution < 1.29 is 9.59 Å². The maximum Gasteiger partial charge on any atom is 0.311 e. The molecule has 136 valence electrons. The lowest BCUT2D eigenvalue weighted by molar-refractivity contribution is -0.147. The number of hydrogen-bond acceptors (Lipinski definition) is 2. The van der Waals surface area contributed by atoms with E-state index in [1.54, 1.807) is 4.90 Å². The van der Waals surface area contributed by atoms with Crippen molar-refractivity contribution in [3.05, 3.63) is 35.9 Å². The van der Waals surface area contributed by atoms with Crippen LogP contribution in [0.25, 0.3) is 0 Å². The van der Waals surface area contributed by atoms with Gasteiger partial charge in [-0.05, 0) is 49.5 Å². The first-order chi connectivity index (χ1) is 12.1. The average molecular weight is 342 g/mol. The fourth-order valence-electron chi connectivity index (χ4n) is 4.19. The number of likely N-dealkylation sites (tertiary alicyclic amines) is 1. The molecule has 1 heterocycles. The summed E-state index contributed by atoms with van der Waals surface area (Å²) in [6.45, 7) is 3.57. The number of nitrogens with zero attached hydrogens (tertiary/aromatic N) is 1. The Morgan fingerprint density at radius 1 is 1.04 bits per heavy atom. The van der Waals surface area contributed by atoms with Gasteiger partial charge in [-0.15, -0.1) is 0 Å². The quantitative estimate of drug-likeness (QED) is 0.858. The fourth-order valence-corrected chi connectivity index (χ4v) is 4.19. The van der Waals surface area contributed by atoms with E-state index in [0.717, 1.165) is 38.5 Å². The van der Waals surface area contributed by atoms with E-state index in [2.05, 4.69) is 36.5 Å². The summed E-state index contributed by atoms with van der Waals surface area (Å²) in [5, 5.41) is 2.99. The van der Waals surface area contributed by atoms with Gasteiger partial charge in [-0.3, -0.25) is 9.59 Å². The summed E-state index contributed by atoms with van der Waals surface area (Å²) < 4.78 is 0. The van der Waals surface area contributed by atoms with Crippen LogP contribution in [0.4, 0.5) is 0 Å². The van der Waals surface area contributed by atoms with Crippen molar-refractivity contribution in [3.63, 3.8) is 0 Å². The lowest BCUT2D eigenvalue weighted by atomic mass is 9.86. The Bertz CT molecular complexity index is 579. The number of carbonyl (C=O) groups is 2. The second-order valence-corrected chi connectivity index (χ2v) is 7.77. The molecule has 4 nitrogen and oxygen atoms in total. The minimum atomic E-state index is -0.403. The fraction of sp³-hybridized carbons (Fsp3) is 0.619. The van der Waals surface area contributed by atoms with Gasteiger partial charge in [0.15, 0.2) is 0 Å². The van der Waals surface area contributed by atoms with Crippen molar-refractivity contribution in [2.75, 3.05) is 13.1 Å². The highest BCUT2D eigenvalue weighted by atomic mass is 16.2. The van der Waals surface area contributed by atoms with E-state index in [-0.39, 0.29) is 11.9 Å². The molecule has 1 aliphatic carbocycles. The third-order valence-electron chi connectivity index (χ3n) is 5.89. The number of rotatable bonds is 3. The van der Waals surface area contributed by atoms with Crippen molar-refractivity contribution in [2.45, 2.75) is 57.9 Å². The first-order valence-corrected chi connectivity index (χ1v) is 9.77. The summed E-state index contributed by atoms with van der Waals surface area (Å²) in [7, 11) is 0. The molecule has 0 radical (unpaired) electrons. The molecule has 1 aliphatic heterocycles. The molecule has 2 amide bonds. The number of carbonyl (C=O) groups excluding carboxylic acids is 2. The van der Waals surface area contributed by atoms with Gasteiger partial charge in [0.05, 0.1) is 0 Å². The summed E-state index contributed by atoms with van der Waals surface area (Å²) in [5.74, 6) is 0.339. The molecule has 3 rings (SSSR count). The lowest BCUT2D eigenvalue weighted by Gasteiger charge is -2.33. The van der Waals surface area contributed by atoms with Crippen LogP contribution in [0.1, 0.15) is 51.0 Å². The van der Waals surface area contributed by atoms with Crippen LogP contribution < -0.4 is 5.32 Å². The third-order valence-corrected chi connectivity index (χ3v) is 5.89. The second kappa shape index (κ2) is 8.50. The first-order valence-electron chi connectivity index (χ1n) is 9.77. The predicted molar refractivity (Wildman–Crippen MR) is 99.0 cm³/mol. The smallest absolute Gasteiger partial charge is 0.311 e. The summed E-state index contributed by atoms with van der Waals surface area (Å²) in [6, 6.07) is 10.7. The third kappa shape index (κ3) is 4.83. The largest absolute Gasteiger partial charge is 0.345 e. The molecule has 0 aromatic heterocycles. The van der Waals surface area contributed by atoms with Crippen LogP contribution in [0.2, 0.25) is 0 Å². The van der Waals surface area contributed by atoms with E-state index in [1.807, 2.05) is 6.07 Å². The molecule has 2 aliphatic rings. The van der Waals surface area contributed by atoms with Gasteiger partial charge in [-0.2, -0.15) is 0 Å². The van der Waals surface area contributed by atoms with E-state index < -0.39 is 5.91 Å². The van der Waals surface area contributed by atoms with Crippen LogP contribution in [-0.2, 0) is 16.0 Å². The zero-order valence-electron chi connectivity index (χ0n) is 15.2. The van der Waals surface area contributed by atoms with Crippen LogP contribution >= 0.6 is 0 Å². The van der Waals surface area contributed by atoms with Gasteiger partial charge in [0.1, 0.15) is 0 Å². The van der Waals surface area contributed by atoms with Crippen LogP contribution in [0.5, 0.6) is 0 Å². The molecule has 4 heteroatoms. The van der Waals surface area contributed by atoms with Crippen LogP contribution in [0.15, 0.2) is 30.3 Å². The van der Waals surface area contributed by atoms with E-state index in [0.29, 0.717) is 24.9 Å². The van der Waals surface area contributed by atoms with E-state index in [1.165, 1.54) is 12.0 Å². The highest BCUT2D eigenvalue weighted by Crippen LogP contribution is 2.24. The molecule has 1 saturated heterocycles. The highest BCUT2D eigenvalue weighted by Gasteiger charge is 2.30. The Balaban J connectivity index is 1.45. The Labute approximate surface area is 151 Å².